The maximum Gasteiger partial charge on any atom is 0.164 e. The summed E-state index contributed by atoms with van der Waals surface area (Å²) < 4.78 is 25.6. The maximum atomic E-state index is 13.8. The van der Waals surface area contributed by atoms with E-state index < -0.39 is 34.3 Å². The normalized spacial score (nSPS) is 51.4. The molecule has 224 valence electrons. The third-order valence-electron chi connectivity index (χ3n) is 12.2. The van der Waals surface area contributed by atoms with Crippen molar-refractivity contribution in [1.82, 2.24) is 0 Å². The van der Waals surface area contributed by atoms with Gasteiger partial charge in [-0.2, -0.15) is 0 Å². The lowest BCUT2D eigenvalue weighted by Gasteiger charge is -2.60. The van der Waals surface area contributed by atoms with Crippen molar-refractivity contribution in [2.75, 3.05) is 0 Å². The number of aliphatic hydroxyl groups is 2. The third-order valence-corrected chi connectivity index (χ3v) is 12.2. The number of fused-ring (bicyclic) bond motifs is 6. The molecule has 6 aliphatic rings. The molecule has 0 spiro atoms. The Kier molecular flexibility index (Phi) is 6.33. The Balaban J connectivity index is 1.34. The van der Waals surface area contributed by atoms with E-state index in [-0.39, 0.29) is 47.3 Å². The summed E-state index contributed by atoms with van der Waals surface area (Å²) in [6, 6.07) is 0. The number of ketones is 1. The van der Waals surface area contributed by atoms with Gasteiger partial charge < -0.3 is 29.2 Å². The van der Waals surface area contributed by atoms with Crippen LogP contribution in [0.5, 0.6) is 0 Å². The molecule has 5 fully saturated rings. The highest BCUT2D eigenvalue weighted by Crippen LogP contribution is 2.70. The molecule has 0 radical (unpaired) electrons. The Bertz CT molecular complexity index is 1140. The van der Waals surface area contributed by atoms with Crippen molar-refractivity contribution >= 4 is 5.78 Å². The summed E-state index contributed by atoms with van der Waals surface area (Å²) in [6.45, 7) is 20.1. The molecule has 0 aromatic heterocycles. The first kappa shape index (κ1) is 29.0. The standard InChI is InChI=1S/C33H50O7/c1-18(2)22(34)16-27-32(9,40-29(5,6)39-27)26-11-13-33(36)20-14-23(35)21-15-24-25(38-28(3,4)37-24)17-30(21,7)19(20)10-12-31(26,33)8/h14,19,21-22,24-27,34,36H,1,10-13,15-17H2,2-9H3/t19-,21-,22+,24+,25-,26-,27+,30+,31+,32+,33+/m0/s1. The molecule has 7 heteroatoms. The van der Waals surface area contributed by atoms with Crippen LogP contribution in [0.3, 0.4) is 0 Å². The molecule has 2 aliphatic heterocycles. The van der Waals surface area contributed by atoms with Crippen LogP contribution in [-0.4, -0.2) is 63.2 Å². The number of hydrogen-bond donors (Lipinski definition) is 2. The molecule has 11 atom stereocenters. The number of hydrogen-bond acceptors (Lipinski definition) is 7. The van der Waals surface area contributed by atoms with Crippen LogP contribution < -0.4 is 0 Å². The molecule has 0 aromatic rings. The van der Waals surface area contributed by atoms with E-state index in [2.05, 4.69) is 27.4 Å². The van der Waals surface area contributed by atoms with E-state index in [0.717, 1.165) is 31.3 Å². The maximum absolute atomic E-state index is 13.8. The van der Waals surface area contributed by atoms with E-state index in [0.29, 0.717) is 24.8 Å². The van der Waals surface area contributed by atoms with Crippen LogP contribution in [-0.2, 0) is 23.7 Å². The average molecular weight is 559 g/mol. The Labute approximate surface area is 239 Å². The minimum absolute atomic E-state index is 0.0142. The Morgan fingerprint density at radius 3 is 2.35 bits per heavy atom. The number of ether oxygens (including phenoxy) is 4. The molecule has 0 aromatic carbocycles. The lowest BCUT2D eigenvalue weighted by molar-refractivity contribution is -0.190. The topological polar surface area (TPSA) is 94.5 Å². The van der Waals surface area contributed by atoms with Crippen molar-refractivity contribution in [3.63, 3.8) is 0 Å². The molecule has 40 heavy (non-hydrogen) atoms. The highest BCUT2D eigenvalue weighted by atomic mass is 16.8. The molecule has 6 rings (SSSR count). The highest BCUT2D eigenvalue weighted by Gasteiger charge is 2.71. The summed E-state index contributed by atoms with van der Waals surface area (Å²) in [5.41, 5.74) is -0.983. The molecule has 0 unspecified atom stereocenters. The van der Waals surface area contributed by atoms with Crippen molar-refractivity contribution in [3.8, 4) is 0 Å². The van der Waals surface area contributed by atoms with Gasteiger partial charge in [-0.05, 0) is 109 Å². The minimum Gasteiger partial charge on any atom is -0.389 e. The van der Waals surface area contributed by atoms with Gasteiger partial charge in [0.1, 0.15) is 0 Å². The molecule has 0 amide bonds. The highest BCUT2D eigenvalue weighted by molar-refractivity contribution is 5.95. The van der Waals surface area contributed by atoms with Gasteiger partial charge in [-0.1, -0.05) is 26.0 Å². The zero-order chi connectivity index (χ0) is 29.3. The summed E-state index contributed by atoms with van der Waals surface area (Å²) in [4.78, 5) is 13.8. The first-order valence-corrected chi connectivity index (χ1v) is 15.4. The quantitative estimate of drug-likeness (QED) is 0.457. The fraction of sp³-hybridized carbons (Fsp3) is 0.848. The second-order valence-corrected chi connectivity index (χ2v) is 15.6. The van der Waals surface area contributed by atoms with Crippen molar-refractivity contribution in [1.29, 1.82) is 0 Å². The average Bonchev–Trinajstić information content (AvgIpc) is 3.36. The molecule has 2 heterocycles. The van der Waals surface area contributed by atoms with Crippen LogP contribution in [0, 0.1) is 28.6 Å². The molecular weight excluding hydrogens is 508 g/mol. The van der Waals surface area contributed by atoms with E-state index in [1.54, 1.807) is 0 Å². The third kappa shape index (κ3) is 3.94. The van der Waals surface area contributed by atoms with Gasteiger partial charge in [0.05, 0.1) is 35.6 Å². The second-order valence-electron chi connectivity index (χ2n) is 15.6. The minimum atomic E-state index is -1.11. The van der Waals surface area contributed by atoms with Gasteiger partial charge in [0.2, 0.25) is 0 Å². The van der Waals surface area contributed by atoms with Crippen LogP contribution in [0.4, 0.5) is 0 Å². The van der Waals surface area contributed by atoms with Gasteiger partial charge in [0.15, 0.2) is 17.4 Å². The predicted molar refractivity (Wildman–Crippen MR) is 150 cm³/mol. The van der Waals surface area contributed by atoms with E-state index in [4.69, 9.17) is 18.9 Å². The number of carbonyl (C=O) groups is 1. The molecule has 2 saturated heterocycles. The van der Waals surface area contributed by atoms with E-state index >= 15 is 0 Å². The Morgan fingerprint density at radius 1 is 1.00 bits per heavy atom. The SMILES string of the molecule is C=C(C)[C@H](O)C[C@H]1OC(C)(C)O[C@]1(C)[C@H]1CC[C@@]2(O)C3=CC(=O)[C@@H]4C[C@H]5OC(C)(C)O[C@H]5C[C@]4(C)[C@H]3CC[C@]12C. The summed E-state index contributed by atoms with van der Waals surface area (Å²) in [6.07, 6.45) is 5.59. The van der Waals surface area contributed by atoms with Gasteiger partial charge in [-0.25, -0.2) is 0 Å². The number of rotatable bonds is 4. The van der Waals surface area contributed by atoms with E-state index in [1.165, 1.54) is 0 Å². The number of aliphatic hydroxyl groups excluding tert-OH is 1. The van der Waals surface area contributed by atoms with E-state index in [1.807, 2.05) is 40.7 Å². The van der Waals surface area contributed by atoms with Gasteiger partial charge >= 0.3 is 0 Å². The Morgan fingerprint density at radius 2 is 1.68 bits per heavy atom. The lowest BCUT2D eigenvalue weighted by Crippen LogP contribution is -2.62. The first-order chi connectivity index (χ1) is 18.4. The zero-order valence-corrected chi connectivity index (χ0v) is 25.7. The van der Waals surface area contributed by atoms with Gasteiger partial charge in [0, 0.05) is 17.8 Å². The largest absolute Gasteiger partial charge is 0.389 e. The van der Waals surface area contributed by atoms with Crippen LogP contribution in [0.25, 0.3) is 0 Å². The van der Waals surface area contributed by atoms with Gasteiger partial charge in [0.25, 0.3) is 0 Å². The van der Waals surface area contributed by atoms with Crippen LogP contribution in [0.1, 0.15) is 100 Å². The van der Waals surface area contributed by atoms with Crippen LogP contribution in [0.15, 0.2) is 23.8 Å². The smallest absolute Gasteiger partial charge is 0.164 e. The van der Waals surface area contributed by atoms with Crippen molar-refractivity contribution in [3.05, 3.63) is 23.8 Å². The molecule has 2 N–H and O–H groups in total. The summed E-state index contributed by atoms with van der Waals surface area (Å²) >= 11 is 0. The van der Waals surface area contributed by atoms with Crippen molar-refractivity contribution in [2.24, 2.45) is 28.6 Å². The summed E-state index contributed by atoms with van der Waals surface area (Å²) in [5, 5.41) is 23.5. The molecule has 0 bridgehead atoms. The zero-order valence-electron chi connectivity index (χ0n) is 25.7. The van der Waals surface area contributed by atoms with Crippen molar-refractivity contribution < 1.29 is 34.0 Å². The van der Waals surface area contributed by atoms with Gasteiger partial charge in [-0.15, -0.1) is 0 Å². The fourth-order valence-corrected chi connectivity index (χ4v) is 10.3. The van der Waals surface area contributed by atoms with Crippen LogP contribution >= 0.6 is 0 Å². The predicted octanol–water partition coefficient (Wildman–Crippen LogP) is 5.23. The Hall–Kier alpha value is -1.09. The number of carbonyl (C=O) groups excluding carboxylic acids is 1. The fourth-order valence-electron chi connectivity index (χ4n) is 10.3. The monoisotopic (exact) mass is 558 g/mol. The van der Waals surface area contributed by atoms with Gasteiger partial charge in [-0.3, -0.25) is 4.79 Å². The molecule has 3 saturated carbocycles. The van der Waals surface area contributed by atoms with Crippen molar-refractivity contribution in [2.45, 2.75) is 148 Å². The lowest BCUT2D eigenvalue weighted by atomic mass is 9.45. The number of allylic oxidation sites excluding steroid dienone is 1. The summed E-state index contributed by atoms with van der Waals surface area (Å²) in [7, 11) is 0. The van der Waals surface area contributed by atoms with Crippen LogP contribution in [0.2, 0.25) is 0 Å². The van der Waals surface area contributed by atoms with E-state index in [9.17, 15) is 15.0 Å². The summed E-state index contributed by atoms with van der Waals surface area (Å²) in [5.74, 6) is -1.34. The first-order valence-electron chi connectivity index (χ1n) is 15.4. The molecular formula is C33H50O7. The second kappa shape index (κ2) is 8.73. The molecule has 7 nitrogen and oxygen atoms in total. The molecule has 4 aliphatic carbocycles.